The fourth-order valence-electron chi connectivity index (χ4n) is 2.68. The molecule has 0 aliphatic carbocycles. The summed E-state index contributed by atoms with van der Waals surface area (Å²) >= 11 is 6.41. The van der Waals surface area contributed by atoms with Crippen molar-refractivity contribution in [2.75, 3.05) is 0 Å². The molecular weight excluding hydrogens is 422 g/mol. The number of carbonyl (C=O) groups is 1. The van der Waals surface area contributed by atoms with Gasteiger partial charge in [0.2, 0.25) is 0 Å². The number of amides is 1. The van der Waals surface area contributed by atoms with Gasteiger partial charge in [0.05, 0.1) is 16.0 Å². The molecule has 0 saturated carbocycles. The number of non-ortho nitro benzene ring substituents is 1. The van der Waals surface area contributed by atoms with Crippen LogP contribution in [0.3, 0.4) is 0 Å². The van der Waals surface area contributed by atoms with Gasteiger partial charge in [0, 0.05) is 23.8 Å². The SMILES string of the molecule is O=C1/C(=C/c2ccc(-c3ccc([N+](=O)[O-])cc3)o2)SC(=S)N1/N=C\c1ccccc1. The molecule has 1 aliphatic heterocycles. The predicted molar refractivity (Wildman–Crippen MR) is 120 cm³/mol. The molecule has 0 unspecified atom stereocenters. The third-order valence-corrected chi connectivity index (χ3v) is 5.44. The van der Waals surface area contributed by atoms with Gasteiger partial charge in [0.1, 0.15) is 11.5 Å². The molecule has 2 aromatic carbocycles. The summed E-state index contributed by atoms with van der Waals surface area (Å²) in [7, 11) is 0. The minimum atomic E-state index is -0.459. The lowest BCUT2D eigenvalue weighted by Crippen LogP contribution is -2.22. The second kappa shape index (κ2) is 8.44. The van der Waals surface area contributed by atoms with Gasteiger partial charge in [0.15, 0.2) is 4.32 Å². The van der Waals surface area contributed by atoms with Gasteiger partial charge in [-0.15, -0.1) is 0 Å². The van der Waals surface area contributed by atoms with Crippen LogP contribution in [0.15, 0.2) is 81.2 Å². The Bertz CT molecular complexity index is 1180. The van der Waals surface area contributed by atoms with Gasteiger partial charge in [0.25, 0.3) is 11.6 Å². The number of thiocarbonyl (C=S) groups is 1. The van der Waals surface area contributed by atoms with Crippen molar-refractivity contribution in [3.8, 4) is 11.3 Å². The lowest BCUT2D eigenvalue weighted by atomic mass is 10.1. The molecule has 30 heavy (non-hydrogen) atoms. The van der Waals surface area contributed by atoms with E-state index in [0.717, 1.165) is 17.3 Å². The monoisotopic (exact) mass is 435 g/mol. The maximum atomic E-state index is 12.6. The van der Waals surface area contributed by atoms with E-state index < -0.39 is 4.92 Å². The fourth-order valence-corrected chi connectivity index (χ4v) is 3.84. The van der Waals surface area contributed by atoms with Crippen LogP contribution in [-0.4, -0.2) is 26.4 Å². The summed E-state index contributed by atoms with van der Waals surface area (Å²) in [5, 5.41) is 16.1. The van der Waals surface area contributed by atoms with Crippen LogP contribution in [0.1, 0.15) is 11.3 Å². The van der Waals surface area contributed by atoms with E-state index in [-0.39, 0.29) is 11.6 Å². The van der Waals surface area contributed by atoms with Crippen LogP contribution < -0.4 is 0 Å². The molecule has 2 heterocycles. The molecule has 1 saturated heterocycles. The Balaban J connectivity index is 1.51. The molecule has 1 fully saturated rings. The van der Waals surface area contributed by atoms with Crippen LogP contribution >= 0.6 is 24.0 Å². The normalized spacial score (nSPS) is 15.5. The van der Waals surface area contributed by atoms with E-state index in [9.17, 15) is 14.9 Å². The zero-order valence-electron chi connectivity index (χ0n) is 15.3. The average Bonchev–Trinajstić information content (AvgIpc) is 3.32. The van der Waals surface area contributed by atoms with Gasteiger partial charge in [-0.2, -0.15) is 10.1 Å². The molecule has 7 nitrogen and oxygen atoms in total. The van der Waals surface area contributed by atoms with E-state index in [1.807, 2.05) is 30.3 Å². The van der Waals surface area contributed by atoms with Gasteiger partial charge in [-0.05, 0) is 42.0 Å². The van der Waals surface area contributed by atoms with E-state index in [1.165, 1.54) is 17.1 Å². The molecule has 4 rings (SSSR count). The van der Waals surface area contributed by atoms with Gasteiger partial charge < -0.3 is 4.42 Å². The van der Waals surface area contributed by atoms with Crippen LogP contribution in [0.5, 0.6) is 0 Å². The Morgan fingerprint density at radius 3 is 2.50 bits per heavy atom. The fraction of sp³-hybridized carbons (Fsp3) is 0. The van der Waals surface area contributed by atoms with E-state index in [1.54, 1.807) is 36.6 Å². The molecular formula is C21H13N3O4S2. The molecule has 0 N–H and O–H groups in total. The maximum Gasteiger partial charge on any atom is 0.286 e. The highest BCUT2D eigenvalue weighted by atomic mass is 32.2. The number of hydrogen-bond acceptors (Lipinski definition) is 7. The van der Waals surface area contributed by atoms with Crippen molar-refractivity contribution in [3.63, 3.8) is 0 Å². The van der Waals surface area contributed by atoms with Gasteiger partial charge >= 0.3 is 0 Å². The topological polar surface area (TPSA) is 88.9 Å². The van der Waals surface area contributed by atoms with Crippen molar-refractivity contribution >= 4 is 52.2 Å². The minimum Gasteiger partial charge on any atom is -0.457 e. The van der Waals surface area contributed by atoms with Crippen LogP contribution in [0, 0.1) is 10.1 Å². The van der Waals surface area contributed by atoms with E-state index in [2.05, 4.69) is 5.10 Å². The first kappa shape index (κ1) is 19.7. The zero-order chi connectivity index (χ0) is 21.1. The van der Waals surface area contributed by atoms with Crippen LogP contribution in [-0.2, 0) is 4.79 Å². The third kappa shape index (κ3) is 4.22. The highest BCUT2D eigenvalue weighted by Gasteiger charge is 2.32. The van der Waals surface area contributed by atoms with E-state index in [0.29, 0.717) is 26.3 Å². The molecule has 148 valence electrons. The molecule has 1 amide bonds. The lowest BCUT2D eigenvalue weighted by molar-refractivity contribution is -0.384. The van der Waals surface area contributed by atoms with Crippen molar-refractivity contribution < 1.29 is 14.1 Å². The molecule has 9 heteroatoms. The van der Waals surface area contributed by atoms with Crippen LogP contribution in [0.2, 0.25) is 0 Å². The predicted octanol–water partition coefficient (Wildman–Crippen LogP) is 5.09. The number of carbonyl (C=O) groups excluding carboxylic acids is 1. The van der Waals surface area contributed by atoms with Gasteiger partial charge in [-0.25, -0.2) is 0 Å². The third-order valence-electron chi connectivity index (χ3n) is 4.16. The number of rotatable bonds is 5. The van der Waals surface area contributed by atoms with Crippen LogP contribution in [0.25, 0.3) is 17.4 Å². The second-order valence-electron chi connectivity index (χ2n) is 6.15. The Labute approximate surface area is 180 Å². The Kier molecular flexibility index (Phi) is 5.55. The summed E-state index contributed by atoms with van der Waals surface area (Å²) in [5.41, 5.74) is 1.56. The highest BCUT2D eigenvalue weighted by molar-refractivity contribution is 8.26. The van der Waals surface area contributed by atoms with Crippen LogP contribution in [0.4, 0.5) is 5.69 Å². The largest absolute Gasteiger partial charge is 0.457 e. The van der Waals surface area contributed by atoms with Crippen molar-refractivity contribution in [1.29, 1.82) is 0 Å². The summed E-state index contributed by atoms with van der Waals surface area (Å²) in [6.45, 7) is 0. The van der Waals surface area contributed by atoms with Gasteiger partial charge in [-0.1, -0.05) is 42.1 Å². The number of thioether (sulfide) groups is 1. The summed E-state index contributed by atoms with van der Waals surface area (Å²) in [6, 6.07) is 18.9. The lowest BCUT2D eigenvalue weighted by Gasteiger charge is -2.05. The Morgan fingerprint density at radius 1 is 1.07 bits per heavy atom. The van der Waals surface area contributed by atoms with Crippen molar-refractivity contribution in [1.82, 2.24) is 5.01 Å². The maximum absolute atomic E-state index is 12.6. The zero-order valence-corrected chi connectivity index (χ0v) is 16.9. The quantitative estimate of drug-likeness (QED) is 0.182. The number of hydrogen-bond donors (Lipinski definition) is 0. The Hall–Kier alpha value is -3.56. The number of nitrogens with zero attached hydrogens (tertiary/aromatic N) is 3. The van der Waals surface area contributed by atoms with Gasteiger partial charge in [-0.3, -0.25) is 14.9 Å². The number of hydrazone groups is 1. The average molecular weight is 435 g/mol. The molecule has 3 aromatic rings. The first-order chi connectivity index (χ1) is 14.5. The van der Waals surface area contributed by atoms with Crippen molar-refractivity contribution in [3.05, 3.63) is 93.1 Å². The summed E-state index contributed by atoms with van der Waals surface area (Å²) in [5.74, 6) is 0.676. The molecule has 0 radical (unpaired) electrons. The molecule has 0 atom stereocenters. The number of nitro benzene ring substituents is 1. The molecule has 1 aromatic heterocycles. The number of benzene rings is 2. The highest BCUT2D eigenvalue weighted by Crippen LogP contribution is 2.34. The first-order valence-corrected chi connectivity index (χ1v) is 9.95. The minimum absolute atomic E-state index is 0.00487. The smallest absolute Gasteiger partial charge is 0.286 e. The number of nitro groups is 1. The summed E-state index contributed by atoms with van der Waals surface area (Å²) in [6.07, 6.45) is 3.18. The second-order valence-corrected chi connectivity index (χ2v) is 7.83. The standard InChI is InChI=1S/C21H13N3O4S2/c25-20-19(30-21(29)23(20)22-13-14-4-2-1-3-5-14)12-17-10-11-18(28-17)15-6-8-16(9-7-15)24(26)27/h1-13H/b19-12-,22-13-. The molecule has 0 spiro atoms. The Morgan fingerprint density at radius 2 is 1.80 bits per heavy atom. The van der Waals surface area contributed by atoms with Crippen molar-refractivity contribution in [2.24, 2.45) is 5.10 Å². The number of furan rings is 1. The first-order valence-electron chi connectivity index (χ1n) is 8.73. The summed E-state index contributed by atoms with van der Waals surface area (Å²) < 4.78 is 6.10. The van der Waals surface area contributed by atoms with E-state index >= 15 is 0 Å². The van der Waals surface area contributed by atoms with E-state index in [4.69, 9.17) is 16.6 Å². The summed E-state index contributed by atoms with van der Waals surface area (Å²) in [4.78, 5) is 23.4. The molecule has 1 aliphatic rings. The van der Waals surface area contributed by atoms with Crippen molar-refractivity contribution in [2.45, 2.75) is 0 Å². The molecule has 0 bridgehead atoms.